The van der Waals surface area contributed by atoms with Gasteiger partial charge in [-0.3, -0.25) is 9.59 Å². The normalized spacial score (nSPS) is 10.2. The Bertz CT molecular complexity index is 653. The van der Waals surface area contributed by atoms with Crippen LogP contribution in [0.3, 0.4) is 0 Å². The highest BCUT2D eigenvalue weighted by Crippen LogP contribution is 2.22. The molecule has 0 atom stereocenters. The summed E-state index contributed by atoms with van der Waals surface area (Å²) in [5.74, 6) is -0.259. The second-order valence-electron chi connectivity index (χ2n) is 4.82. The van der Waals surface area contributed by atoms with Crippen molar-refractivity contribution in [1.82, 2.24) is 0 Å². The lowest BCUT2D eigenvalue weighted by atomic mass is 10.1. The molecule has 0 unspecified atom stereocenters. The first-order chi connectivity index (χ1) is 10.1. The van der Waals surface area contributed by atoms with Crippen LogP contribution in [0.15, 0.2) is 48.5 Å². The largest absolute Gasteiger partial charge is 0.325 e. The fraction of sp³-hybridized carbons (Fsp3) is 0.176. The third-order valence-electron chi connectivity index (χ3n) is 3.07. The van der Waals surface area contributed by atoms with Gasteiger partial charge in [0.1, 0.15) is 0 Å². The van der Waals surface area contributed by atoms with E-state index in [0.717, 1.165) is 5.56 Å². The van der Waals surface area contributed by atoms with Gasteiger partial charge < -0.3 is 5.32 Å². The number of benzene rings is 2. The van der Waals surface area contributed by atoms with Gasteiger partial charge in [0.05, 0.1) is 10.7 Å². The number of ketones is 1. The smallest absolute Gasteiger partial charge is 0.224 e. The maximum Gasteiger partial charge on any atom is 0.224 e. The Morgan fingerprint density at radius 1 is 1.05 bits per heavy atom. The molecule has 0 aliphatic carbocycles. The maximum absolute atomic E-state index is 11.9. The molecule has 0 aliphatic rings. The second kappa shape index (κ2) is 7.04. The van der Waals surface area contributed by atoms with Crippen LogP contribution in [0, 0.1) is 6.92 Å². The van der Waals surface area contributed by atoms with Gasteiger partial charge in [-0.15, -0.1) is 0 Å². The van der Waals surface area contributed by atoms with Crippen molar-refractivity contribution in [2.75, 3.05) is 5.32 Å². The molecule has 0 aliphatic heterocycles. The van der Waals surface area contributed by atoms with Crippen molar-refractivity contribution in [3.8, 4) is 0 Å². The fourth-order valence-electron chi connectivity index (χ4n) is 1.93. The number of amides is 1. The molecule has 3 nitrogen and oxygen atoms in total. The van der Waals surface area contributed by atoms with Crippen LogP contribution in [0.2, 0.25) is 5.02 Å². The fourth-order valence-corrected chi connectivity index (χ4v) is 2.21. The first-order valence-electron chi connectivity index (χ1n) is 6.70. The highest BCUT2D eigenvalue weighted by Gasteiger charge is 2.10. The number of carbonyl (C=O) groups is 2. The Morgan fingerprint density at radius 2 is 1.76 bits per heavy atom. The van der Waals surface area contributed by atoms with Crippen LogP contribution in [0.4, 0.5) is 5.69 Å². The molecule has 21 heavy (non-hydrogen) atoms. The molecule has 0 spiro atoms. The summed E-state index contributed by atoms with van der Waals surface area (Å²) in [4.78, 5) is 23.8. The molecule has 108 valence electrons. The summed E-state index contributed by atoms with van der Waals surface area (Å²) in [6.45, 7) is 1.93. The van der Waals surface area contributed by atoms with Crippen LogP contribution in [-0.2, 0) is 4.79 Å². The Balaban J connectivity index is 1.89. The molecule has 2 aromatic rings. The Morgan fingerprint density at radius 3 is 2.43 bits per heavy atom. The molecule has 0 heterocycles. The van der Waals surface area contributed by atoms with Crippen LogP contribution in [-0.4, -0.2) is 11.7 Å². The molecular formula is C17H16ClNO2. The predicted molar refractivity (Wildman–Crippen MR) is 84.8 cm³/mol. The van der Waals surface area contributed by atoms with Crippen LogP contribution in [0.5, 0.6) is 0 Å². The van der Waals surface area contributed by atoms with E-state index in [-0.39, 0.29) is 24.5 Å². The summed E-state index contributed by atoms with van der Waals surface area (Å²) >= 11 is 6.05. The molecule has 0 saturated heterocycles. The summed E-state index contributed by atoms with van der Waals surface area (Å²) in [7, 11) is 0. The summed E-state index contributed by atoms with van der Waals surface area (Å²) in [6.07, 6.45) is 0.317. The summed E-state index contributed by atoms with van der Waals surface area (Å²) in [6, 6.07) is 14.4. The number of anilines is 1. The van der Waals surface area contributed by atoms with Gasteiger partial charge in [0.2, 0.25) is 5.91 Å². The first kappa shape index (κ1) is 15.3. The minimum Gasteiger partial charge on any atom is -0.325 e. The van der Waals surface area contributed by atoms with Crippen molar-refractivity contribution in [1.29, 1.82) is 0 Å². The lowest BCUT2D eigenvalue weighted by molar-refractivity contribution is -0.116. The number of halogens is 1. The van der Waals surface area contributed by atoms with Gasteiger partial charge in [-0.05, 0) is 24.6 Å². The van der Waals surface area contributed by atoms with Crippen LogP contribution >= 0.6 is 11.6 Å². The number of hydrogen-bond donors (Lipinski definition) is 1. The highest BCUT2D eigenvalue weighted by molar-refractivity contribution is 6.33. The number of nitrogens with one attached hydrogen (secondary N) is 1. The zero-order valence-electron chi connectivity index (χ0n) is 11.7. The molecule has 0 saturated carbocycles. The van der Waals surface area contributed by atoms with E-state index in [1.54, 1.807) is 36.4 Å². The molecule has 1 amide bonds. The van der Waals surface area contributed by atoms with Gasteiger partial charge in [0.15, 0.2) is 5.78 Å². The van der Waals surface area contributed by atoms with Gasteiger partial charge in [-0.25, -0.2) is 0 Å². The van der Waals surface area contributed by atoms with Gasteiger partial charge >= 0.3 is 0 Å². The number of rotatable bonds is 5. The Hall–Kier alpha value is -2.13. The van der Waals surface area contributed by atoms with E-state index in [1.807, 2.05) is 19.1 Å². The van der Waals surface area contributed by atoms with Gasteiger partial charge in [0, 0.05) is 18.4 Å². The van der Waals surface area contributed by atoms with E-state index in [2.05, 4.69) is 5.32 Å². The SMILES string of the molecule is Cc1ccc(NC(=O)CCC(=O)c2ccccc2)c(Cl)c1. The van der Waals surface area contributed by atoms with E-state index in [4.69, 9.17) is 11.6 Å². The molecule has 4 heteroatoms. The standard InChI is InChI=1S/C17H16ClNO2/c1-12-7-8-15(14(18)11-12)19-17(21)10-9-16(20)13-5-3-2-4-6-13/h2-8,11H,9-10H2,1H3,(H,19,21). The number of Topliss-reactive ketones (excluding diaryl/α,β-unsaturated/α-hetero) is 1. The second-order valence-corrected chi connectivity index (χ2v) is 5.23. The van der Waals surface area contributed by atoms with E-state index in [0.29, 0.717) is 16.3 Å². The summed E-state index contributed by atoms with van der Waals surface area (Å²) in [5, 5.41) is 3.22. The van der Waals surface area contributed by atoms with Gasteiger partial charge in [-0.2, -0.15) is 0 Å². The average Bonchev–Trinajstić information content (AvgIpc) is 2.48. The molecule has 0 radical (unpaired) electrons. The average molecular weight is 302 g/mol. The minimum atomic E-state index is -0.218. The summed E-state index contributed by atoms with van der Waals surface area (Å²) in [5.41, 5.74) is 2.22. The predicted octanol–water partition coefficient (Wildman–Crippen LogP) is 4.25. The zero-order valence-corrected chi connectivity index (χ0v) is 12.5. The lowest BCUT2D eigenvalue weighted by Crippen LogP contribution is -2.13. The van der Waals surface area contributed by atoms with Gasteiger partial charge in [-0.1, -0.05) is 48.0 Å². The lowest BCUT2D eigenvalue weighted by Gasteiger charge is -2.07. The van der Waals surface area contributed by atoms with Crippen molar-refractivity contribution in [2.45, 2.75) is 19.8 Å². The van der Waals surface area contributed by atoms with Crippen molar-refractivity contribution in [3.05, 3.63) is 64.7 Å². The molecule has 1 N–H and O–H groups in total. The van der Waals surface area contributed by atoms with Crippen molar-refractivity contribution in [3.63, 3.8) is 0 Å². The maximum atomic E-state index is 11.9. The van der Waals surface area contributed by atoms with Crippen molar-refractivity contribution >= 4 is 29.0 Å². The minimum absolute atomic E-state index is 0.0410. The van der Waals surface area contributed by atoms with Crippen LogP contribution < -0.4 is 5.32 Å². The molecule has 0 aromatic heterocycles. The summed E-state index contributed by atoms with van der Waals surface area (Å²) < 4.78 is 0. The van der Waals surface area contributed by atoms with Crippen LogP contribution in [0.25, 0.3) is 0 Å². The molecular weight excluding hydrogens is 286 g/mol. The van der Waals surface area contributed by atoms with E-state index in [1.165, 1.54) is 0 Å². The Labute approximate surface area is 128 Å². The van der Waals surface area contributed by atoms with E-state index < -0.39 is 0 Å². The Kier molecular flexibility index (Phi) is 5.12. The topological polar surface area (TPSA) is 46.2 Å². The number of hydrogen-bond acceptors (Lipinski definition) is 2. The van der Waals surface area contributed by atoms with Crippen molar-refractivity contribution in [2.24, 2.45) is 0 Å². The molecule has 0 fully saturated rings. The molecule has 2 aromatic carbocycles. The quantitative estimate of drug-likeness (QED) is 0.839. The third-order valence-corrected chi connectivity index (χ3v) is 3.39. The molecule has 0 bridgehead atoms. The van der Waals surface area contributed by atoms with E-state index in [9.17, 15) is 9.59 Å². The molecule has 2 rings (SSSR count). The van der Waals surface area contributed by atoms with E-state index >= 15 is 0 Å². The zero-order chi connectivity index (χ0) is 15.2. The number of carbonyl (C=O) groups excluding carboxylic acids is 2. The van der Waals surface area contributed by atoms with Gasteiger partial charge in [0.25, 0.3) is 0 Å². The first-order valence-corrected chi connectivity index (χ1v) is 7.08. The third kappa shape index (κ3) is 4.43. The number of aryl methyl sites for hydroxylation is 1. The highest BCUT2D eigenvalue weighted by atomic mass is 35.5. The van der Waals surface area contributed by atoms with Crippen molar-refractivity contribution < 1.29 is 9.59 Å². The monoisotopic (exact) mass is 301 g/mol. The van der Waals surface area contributed by atoms with Crippen LogP contribution in [0.1, 0.15) is 28.8 Å².